The first-order valence-electron chi connectivity index (χ1n) is 14.2. The molecule has 0 bridgehead atoms. The Labute approximate surface area is 238 Å². The Balaban J connectivity index is 1.40. The summed E-state index contributed by atoms with van der Waals surface area (Å²) in [6.07, 6.45) is 5.63. The smallest absolute Gasteiger partial charge is 0.224 e. The van der Waals surface area contributed by atoms with Gasteiger partial charge in [-0.25, -0.2) is 18.4 Å². The fourth-order valence-electron chi connectivity index (χ4n) is 6.78. The third-order valence-corrected chi connectivity index (χ3v) is 11.2. The molecule has 9 nitrogen and oxygen atoms in total. The summed E-state index contributed by atoms with van der Waals surface area (Å²) < 4.78 is 30.1. The van der Waals surface area contributed by atoms with Crippen molar-refractivity contribution >= 4 is 37.8 Å². The molecule has 2 N–H and O–H groups in total. The highest BCUT2D eigenvalue weighted by atomic mass is 32.2. The van der Waals surface area contributed by atoms with E-state index in [4.69, 9.17) is 4.98 Å². The monoisotopic (exact) mass is 568 g/mol. The maximum atomic E-state index is 15.1. The van der Waals surface area contributed by atoms with Gasteiger partial charge in [0.2, 0.25) is 20.6 Å². The highest BCUT2D eigenvalue weighted by Gasteiger charge is 2.61. The Kier molecular flexibility index (Phi) is 6.39. The summed E-state index contributed by atoms with van der Waals surface area (Å²) in [5.41, 5.74) is 3.20. The van der Waals surface area contributed by atoms with Crippen molar-refractivity contribution in [2.75, 3.05) is 19.6 Å². The number of carbonyl (C=O) groups excluding carboxylic acids is 1. The van der Waals surface area contributed by atoms with E-state index in [1.165, 1.54) is 5.56 Å². The molecule has 1 unspecified atom stereocenters. The van der Waals surface area contributed by atoms with Crippen molar-refractivity contribution in [2.24, 2.45) is 5.92 Å². The SMILES string of the molecule is O=C1CCCN1C(c1nc2c(cnc3[nH]ccc32)[nH]1)(C1CCN(Cc2ccccc2)CC1)S(=O)(=O)c1ccccc1. The van der Waals surface area contributed by atoms with Crippen LogP contribution in [0.1, 0.15) is 37.1 Å². The van der Waals surface area contributed by atoms with E-state index in [9.17, 15) is 4.79 Å². The minimum Gasteiger partial charge on any atom is -0.346 e. The standard InChI is InChI=1S/C31H32N6O3S/c38-27-12-7-17-37(27)31(41(39,40)24-10-5-2-6-11-24,23-14-18-36(19-15-23)21-22-8-3-1-4-9-22)30-34-26-20-33-29-25(13-16-32-29)28(26)35-30/h1-6,8-11,13,16,20,23H,7,12,14-15,17-19,21H2,(H,32,33)(H,34,35). The molecular formula is C31H32N6O3S. The number of sulfone groups is 1. The zero-order chi connectivity index (χ0) is 28.0. The van der Waals surface area contributed by atoms with E-state index in [-0.39, 0.29) is 16.7 Å². The highest BCUT2D eigenvalue weighted by molar-refractivity contribution is 7.92. The van der Waals surface area contributed by atoms with Gasteiger partial charge in [0.15, 0.2) is 0 Å². The average Bonchev–Trinajstić information content (AvgIpc) is 3.75. The largest absolute Gasteiger partial charge is 0.346 e. The molecule has 2 aromatic carbocycles. The molecule has 1 amide bonds. The van der Waals surface area contributed by atoms with Crippen LogP contribution in [-0.2, 0) is 26.0 Å². The normalized spacial score (nSPS) is 18.8. The number of fused-ring (bicyclic) bond motifs is 3. The van der Waals surface area contributed by atoms with Gasteiger partial charge in [0.25, 0.3) is 0 Å². The molecule has 1 atom stereocenters. The number of nitrogens with one attached hydrogen (secondary N) is 2. The summed E-state index contributed by atoms with van der Waals surface area (Å²) in [5, 5.41) is 0.807. The van der Waals surface area contributed by atoms with Crippen molar-refractivity contribution in [3.63, 3.8) is 0 Å². The molecule has 0 radical (unpaired) electrons. The summed E-state index contributed by atoms with van der Waals surface area (Å²) in [5.74, 6) is -0.220. The van der Waals surface area contributed by atoms with Crippen LogP contribution in [0.2, 0.25) is 0 Å². The third kappa shape index (κ3) is 4.16. The topological polar surface area (TPSA) is 115 Å². The van der Waals surface area contributed by atoms with E-state index in [2.05, 4.69) is 32.0 Å². The Morgan fingerprint density at radius 2 is 1.68 bits per heavy atom. The van der Waals surface area contributed by atoms with E-state index >= 15 is 8.42 Å². The van der Waals surface area contributed by atoms with Crippen LogP contribution in [0.4, 0.5) is 0 Å². The lowest BCUT2D eigenvalue weighted by atomic mass is 9.86. The van der Waals surface area contributed by atoms with Crippen LogP contribution < -0.4 is 0 Å². The van der Waals surface area contributed by atoms with E-state index in [1.807, 2.05) is 24.3 Å². The van der Waals surface area contributed by atoms with Gasteiger partial charge in [0, 0.05) is 37.0 Å². The maximum absolute atomic E-state index is 15.1. The van der Waals surface area contributed by atoms with Crippen molar-refractivity contribution < 1.29 is 13.2 Å². The number of carbonyl (C=O) groups is 1. The number of aromatic nitrogens is 4. The molecular weight excluding hydrogens is 536 g/mol. The van der Waals surface area contributed by atoms with Crippen molar-refractivity contribution in [3.8, 4) is 0 Å². The van der Waals surface area contributed by atoms with Crippen LogP contribution >= 0.6 is 0 Å². The van der Waals surface area contributed by atoms with Crippen molar-refractivity contribution in [2.45, 2.75) is 42.0 Å². The molecule has 5 aromatic rings. The first-order chi connectivity index (χ1) is 20.0. The molecule has 2 aliphatic rings. The van der Waals surface area contributed by atoms with Gasteiger partial charge in [-0.3, -0.25) is 9.69 Å². The van der Waals surface area contributed by atoms with Gasteiger partial charge in [-0.05, 0) is 56.1 Å². The lowest BCUT2D eigenvalue weighted by molar-refractivity contribution is -0.133. The van der Waals surface area contributed by atoms with Crippen LogP contribution in [0.5, 0.6) is 0 Å². The highest BCUT2D eigenvalue weighted by Crippen LogP contribution is 2.49. The van der Waals surface area contributed by atoms with Gasteiger partial charge < -0.3 is 14.9 Å². The van der Waals surface area contributed by atoms with E-state index in [0.717, 1.165) is 25.0 Å². The summed E-state index contributed by atoms with van der Waals surface area (Å²) in [7, 11) is -4.13. The molecule has 2 fully saturated rings. The number of aromatic amines is 2. The van der Waals surface area contributed by atoms with Crippen LogP contribution in [-0.4, -0.2) is 63.7 Å². The second kappa shape index (κ2) is 10.1. The predicted molar refractivity (Wildman–Crippen MR) is 156 cm³/mol. The third-order valence-electron chi connectivity index (χ3n) is 8.70. The number of pyridine rings is 1. The molecule has 2 saturated heterocycles. The Hall–Kier alpha value is -4.02. The van der Waals surface area contributed by atoms with Crippen molar-refractivity contribution in [3.05, 3.63) is 90.5 Å². The molecule has 5 heterocycles. The van der Waals surface area contributed by atoms with Gasteiger partial charge in [-0.2, -0.15) is 0 Å². The lowest BCUT2D eigenvalue weighted by Crippen LogP contribution is -2.59. The maximum Gasteiger partial charge on any atom is 0.224 e. The van der Waals surface area contributed by atoms with Gasteiger partial charge in [0.1, 0.15) is 17.0 Å². The first kappa shape index (κ1) is 25.9. The molecule has 2 aliphatic heterocycles. The Bertz CT molecular complexity index is 1810. The predicted octanol–water partition coefficient (Wildman–Crippen LogP) is 4.60. The Morgan fingerprint density at radius 1 is 0.951 bits per heavy atom. The zero-order valence-corrected chi connectivity index (χ0v) is 23.5. The first-order valence-corrected chi connectivity index (χ1v) is 15.7. The minimum absolute atomic E-state index is 0.151. The molecule has 210 valence electrons. The second-order valence-electron chi connectivity index (χ2n) is 11.0. The minimum atomic E-state index is -4.13. The summed E-state index contributed by atoms with van der Waals surface area (Å²) in [4.78, 5) is 32.1. The average molecular weight is 569 g/mol. The number of likely N-dealkylation sites (tertiary alicyclic amines) is 2. The fraction of sp³-hybridized carbons (Fsp3) is 0.323. The van der Waals surface area contributed by atoms with Gasteiger partial charge in [-0.15, -0.1) is 0 Å². The number of benzene rings is 2. The van der Waals surface area contributed by atoms with Crippen LogP contribution in [0.3, 0.4) is 0 Å². The number of imidazole rings is 1. The van der Waals surface area contributed by atoms with Crippen molar-refractivity contribution in [1.29, 1.82) is 0 Å². The number of hydrogen-bond acceptors (Lipinski definition) is 6. The number of rotatable bonds is 7. The number of H-pyrrole nitrogens is 2. The summed E-state index contributed by atoms with van der Waals surface area (Å²) in [6, 6.07) is 20.7. The quantitative estimate of drug-likeness (QED) is 0.297. The zero-order valence-electron chi connectivity index (χ0n) is 22.7. The van der Waals surface area contributed by atoms with Gasteiger partial charge >= 0.3 is 0 Å². The number of hydrogen-bond donors (Lipinski definition) is 2. The molecule has 41 heavy (non-hydrogen) atoms. The van der Waals surface area contributed by atoms with Crippen LogP contribution in [0.15, 0.2) is 84.0 Å². The van der Waals surface area contributed by atoms with E-state index in [0.29, 0.717) is 54.7 Å². The van der Waals surface area contributed by atoms with E-state index in [1.54, 1.807) is 47.6 Å². The van der Waals surface area contributed by atoms with Crippen molar-refractivity contribution in [1.82, 2.24) is 29.7 Å². The number of nitrogens with zero attached hydrogens (tertiary/aromatic N) is 4. The number of amides is 1. The summed E-state index contributed by atoms with van der Waals surface area (Å²) in [6.45, 7) is 2.61. The summed E-state index contributed by atoms with van der Waals surface area (Å²) >= 11 is 0. The molecule has 0 aliphatic carbocycles. The molecule has 0 saturated carbocycles. The number of piperidine rings is 1. The molecule has 3 aromatic heterocycles. The van der Waals surface area contributed by atoms with Gasteiger partial charge in [-0.1, -0.05) is 48.5 Å². The lowest BCUT2D eigenvalue weighted by Gasteiger charge is -2.47. The van der Waals surface area contributed by atoms with Crippen LogP contribution in [0, 0.1) is 5.92 Å². The van der Waals surface area contributed by atoms with E-state index < -0.39 is 14.7 Å². The Morgan fingerprint density at radius 3 is 2.39 bits per heavy atom. The molecule has 10 heteroatoms. The second-order valence-corrected chi connectivity index (χ2v) is 13.1. The molecule has 7 rings (SSSR count). The van der Waals surface area contributed by atoms with Crippen LogP contribution in [0.25, 0.3) is 22.1 Å². The fourth-order valence-corrected chi connectivity index (χ4v) is 9.16. The van der Waals surface area contributed by atoms with Gasteiger partial charge in [0.05, 0.1) is 16.6 Å². The molecule has 0 spiro atoms.